The van der Waals surface area contributed by atoms with E-state index >= 15 is 0 Å². The lowest BCUT2D eigenvalue weighted by Crippen LogP contribution is -2.04. The van der Waals surface area contributed by atoms with E-state index in [4.69, 9.17) is 0 Å². The predicted molar refractivity (Wildman–Crippen MR) is 55.7 cm³/mol. The molecular formula is C11H8F3N3. The highest BCUT2D eigenvalue weighted by atomic mass is 19.2. The second-order valence-electron chi connectivity index (χ2n) is 3.33. The molecule has 1 aromatic heterocycles. The van der Waals surface area contributed by atoms with Crippen molar-refractivity contribution in [2.45, 2.75) is 6.54 Å². The number of anilines is 1. The van der Waals surface area contributed by atoms with E-state index in [1.807, 2.05) is 0 Å². The van der Waals surface area contributed by atoms with Crippen LogP contribution >= 0.6 is 0 Å². The van der Waals surface area contributed by atoms with Gasteiger partial charge in [-0.15, -0.1) is 0 Å². The van der Waals surface area contributed by atoms with Crippen LogP contribution in [-0.2, 0) is 6.54 Å². The summed E-state index contributed by atoms with van der Waals surface area (Å²) in [6, 6.07) is 3.55. The van der Waals surface area contributed by atoms with E-state index < -0.39 is 17.5 Å². The van der Waals surface area contributed by atoms with Crippen LogP contribution in [0.5, 0.6) is 0 Å². The van der Waals surface area contributed by atoms with Crippen LogP contribution in [0, 0.1) is 17.5 Å². The van der Waals surface area contributed by atoms with Crippen LogP contribution in [0.4, 0.5) is 19.1 Å². The Morgan fingerprint density at radius 2 is 1.71 bits per heavy atom. The SMILES string of the molecule is Fc1cnc(NCc2ccc(F)c(F)c2)nc1. The van der Waals surface area contributed by atoms with Gasteiger partial charge in [0.2, 0.25) is 5.95 Å². The number of nitrogens with one attached hydrogen (secondary N) is 1. The normalized spacial score (nSPS) is 10.3. The van der Waals surface area contributed by atoms with Crippen molar-refractivity contribution in [3.63, 3.8) is 0 Å². The average Bonchev–Trinajstić information content (AvgIpc) is 2.33. The smallest absolute Gasteiger partial charge is 0.223 e. The van der Waals surface area contributed by atoms with Crippen LogP contribution in [0.1, 0.15) is 5.56 Å². The lowest BCUT2D eigenvalue weighted by molar-refractivity contribution is 0.507. The van der Waals surface area contributed by atoms with Gasteiger partial charge in [-0.1, -0.05) is 6.07 Å². The summed E-state index contributed by atoms with van der Waals surface area (Å²) in [6.07, 6.45) is 2.03. The van der Waals surface area contributed by atoms with Gasteiger partial charge in [0.25, 0.3) is 0 Å². The first-order valence-electron chi connectivity index (χ1n) is 4.80. The molecule has 2 rings (SSSR count). The van der Waals surface area contributed by atoms with Gasteiger partial charge in [0, 0.05) is 6.54 Å². The van der Waals surface area contributed by atoms with Crippen molar-refractivity contribution in [1.82, 2.24) is 9.97 Å². The van der Waals surface area contributed by atoms with Crippen LogP contribution in [0.15, 0.2) is 30.6 Å². The van der Waals surface area contributed by atoms with E-state index in [1.165, 1.54) is 6.07 Å². The molecule has 1 N–H and O–H groups in total. The number of aromatic nitrogens is 2. The topological polar surface area (TPSA) is 37.8 Å². The highest BCUT2D eigenvalue weighted by molar-refractivity contribution is 5.27. The third kappa shape index (κ3) is 2.93. The fourth-order valence-electron chi connectivity index (χ4n) is 1.23. The number of hydrogen-bond acceptors (Lipinski definition) is 3. The highest BCUT2D eigenvalue weighted by Gasteiger charge is 2.03. The van der Waals surface area contributed by atoms with Crippen LogP contribution in [0.25, 0.3) is 0 Å². The average molecular weight is 239 g/mol. The number of hydrogen-bond donors (Lipinski definition) is 1. The van der Waals surface area contributed by atoms with Crippen LogP contribution in [-0.4, -0.2) is 9.97 Å². The fraction of sp³-hybridized carbons (Fsp3) is 0.0909. The molecule has 6 heteroatoms. The molecule has 0 aliphatic carbocycles. The van der Waals surface area contributed by atoms with Crippen molar-refractivity contribution in [1.29, 1.82) is 0 Å². The minimum atomic E-state index is -0.913. The fourth-order valence-corrected chi connectivity index (χ4v) is 1.23. The molecule has 0 aliphatic heterocycles. The number of benzene rings is 1. The summed E-state index contributed by atoms with van der Waals surface area (Å²) in [5.41, 5.74) is 0.539. The Morgan fingerprint density at radius 1 is 1.00 bits per heavy atom. The zero-order chi connectivity index (χ0) is 12.3. The maximum absolute atomic E-state index is 12.9. The lowest BCUT2D eigenvalue weighted by atomic mass is 10.2. The second-order valence-corrected chi connectivity index (χ2v) is 3.33. The highest BCUT2D eigenvalue weighted by Crippen LogP contribution is 2.09. The van der Waals surface area contributed by atoms with Gasteiger partial charge in [-0.2, -0.15) is 0 Å². The Labute approximate surface area is 95.3 Å². The molecule has 0 atom stereocenters. The van der Waals surface area contributed by atoms with E-state index in [1.54, 1.807) is 0 Å². The molecule has 0 fully saturated rings. The minimum absolute atomic E-state index is 0.219. The molecule has 3 nitrogen and oxygen atoms in total. The molecule has 0 bridgehead atoms. The van der Waals surface area contributed by atoms with Crippen molar-refractivity contribution >= 4 is 5.95 Å². The first-order valence-corrected chi connectivity index (χ1v) is 4.80. The minimum Gasteiger partial charge on any atom is -0.350 e. The lowest BCUT2D eigenvalue weighted by Gasteiger charge is -2.04. The first kappa shape index (κ1) is 11.4. The van der Waals surface area contributed by atoms with Crippen LogP contribution < -0.4 is 5.32 Å². The van der Waals surface area contributed by atoms with Gasteiger partial charge in [0.05, 0.1) is 12.4 Å². The van der Waals surface area contributed by atoms with Crippen molar-refractivity contribution in [2.24, 2.45) is 0 Å². The Morgan fingerprint density at radius 3 is 2.35 bits per heavy atom. The summed E-state index contributed by atoms with van der Waals surface area (Å²) in [6.45, 7) is 0.225. The van der Waals surface area contributed by atoms with Gasteiger partial charge in [-0.05, 0) is 17.7 Å². The monoisotopic (exact) mass is 239 g/mol. The van der Waals surface area contributed by atoms with Gasteiger partial charge < -0.3 is 5.32 Å². The van der Waals surface area contributed by atoms with Gasteiger partial charge in [0.15, 0.2) is 17.5 Å². The van der Waals surface area contributed by atoms with Gasteiger partial charge >= 0.3 is 0 Å². The van der Waals surface area contributed by atoms with E-state index in [9.17, 15) is 13.2 Å². The molecule has 1 aromatic carbocycles. The second kappa shape index (κ2) is 4.82. The molecule has 88 valence electrons. The molecule has 0 saturated carbocycles. The van der Waals surface area contributed by atoms with E-state index in [0.717, 1.165) is 24.5 Å². The van der Waals surface area contributed by atoms with Crippen molar-refractivity contribution in [2.75, 3.05) is 5.32 Å². The summed E-state index contributed by atoms with van der Waals surface area (Å²) in [4.78, 5) is 7.34. The van der Waals surface area contributed by atoms with E-state index in [0.29, 0.717) is 5.56 Å². The molecule has 17 heavy (non-hydrogen) atoms. The Hall–Kier alpha value is -2.11. The first-order chi connectivity index (χ1) is 8.15. The van der Waals surface area contributed by atoms with Crippen molar-refractivity contribution in [3.05, 3.63) is 53.6 Å². The largest absolute Gasteiger partial charge is 0.350 e. The summed E-state index contributed by atoms with van der Waals surface area (Å²) < 4.78 is 38.0. The van der Waals surface area contributed by atoms with Crippen molar-refractivity contribution < 1.29 is 13.2 Å². The van der Waals surface area contributed by atoms with Crippen LogP contribution in [0.3, 0.4) is 0 Å². The third-order valence-corrected chi connectivity index (χ3v) is 2.05. The zero-order valence-electron chi connectivity index (χ0n) is 8.62. The van der Waals surface area contributed by atoms with Gasteiger partial charge in [-0.3, -0.25) is 0 Å². The van der Waals surface area contributed by atoms with E-state index in [-0.39, 0.29) is 12.5 Å². The molecule has 1 heterocycles. The summed E-state index contributed by atoms with van der Waals surface area (Å²) in [5, 5.41) is 2.76. The molecule has 0 unspecified atom stereocenters. The zero-order valence-corrected chi connectivity index (χ0v) is 8.62. The van der Waals surface area contributed by atoms with Gasteiger partial charge in [0.1, 0.15) is 0 Å². The predicted octanol–water partition coefficient (Wildman–Crippen LogP) is 2.51. The standard InChI is InChI=1S/C11H8F3N3/c12-8-5-16-11(17-6-8)15-4-7-1-2-9(13)10(14)3-7/h1-3,5-6H,4H2,(H,15,16,17). The summed E-state index contributed by atoms with van der Waals surface area (Å²) in [5.74, 6) is -2.13. The molecule has 0 radical (unpaired) electrons. The number of rotatable bonds is 3. The molecule has 0 spiro atoms. The molecule has 2 aromatic rings. The maximum Gasteiger partial charge on any atom is 0.223 e. The summed E-state index contributed by atoms with van der Waals surface area (Å²) in [7, 11) is 0. The number of halogens is 3. The summed E-state index contributed by atoms with van der Waals surface area (Å²) >= 11 is 0. The van der Waals surface area contributed by atoms with E-state index in [2.05, 4.69) is 15.3 Å². The third-order valence-electron chi connectivity index (χ3n) is 2.05. The van der Waals surface area contributed by atoms with Crippen LogP contribution in [0.2, 0.25) is 0 Å². The Bertz CT molecular complexity index is 514. The maximum atomic E-state index is 12.9. The Kier molecular flexibility index (Phi) is 3.22. The molecule has 0 amide bonds. The van der Waals surface area contributed by atoms with Crippen molar-refractivity contribution in [3.8, 4) is 0 Å². The number of nitrogens with zero attached hydrogens (tertiary/aromatic N) is 2. The Balaban J connectivity index is 2.02. The molecule has 0 aliphatic rings. The molecular weight excluding hydrogens is 231 g/mol. The molecule has 0 saturated heterocycles. The quantitative estimate of drug-likeness (QED) is 0.894. The van der Waals surface area contributed by atoms with Gasteiger partial charge in [-0.25, -0.2) is 23.1 Å².